The summed E-state index contributed by atoms with van der Waals surface area (Å²) in [5, 5.41) is 5.44. The fourth-order valence-electron chi connectivity index (χ4n) is 1.68. The van der Waals surface area contributed by atoms with Gasteiger partial charge in [0.05, 0.1) is 23.9 Å². The average Bonchev–Trinajstić information content (AvgIpc) is 2.71. The third kappa shape index (κ3) is 3.53. The van der Waals surface area contributed by atoms with Crippen LogP contribution in [-0.4, -0.2) is 49.3 Å². The van der Waals surface area contributed by atoms with Crippen LogP contribution in [0, 0.1) is 0 Å². The topological polar surface area (TPSA) is 37.4 Å². The van der Waals surface area contributed by atoms with Crippen LogP contribution in [0.3, 0.4) is 0 Å². The fourth-order valence-corrected chi connectivity index (χ4v) is 2.23. The van der Waals surface area contributed by atoms with Crippen molar-refractivity contribution < 1.29 is 4.74 Å². The first-order valence-electron chi connectivity index (χ1n) is 5.22. The number of nitrogens with zero attached hydrogens (tertiary/aromatic N) is 2. The van der Waals surface area contributed by atoms with Crippen molar-refractivity contribution in [3.8, 4) is 0 Å². The Kier molecular flexibility index (Phi) is 4.08. The zero-order valence-electron chi connectivity index (χ0n) is 8.98. The molecule has 0 spiro atoms. The molecule has 2 rings (SSSR count). The summed E-state index contributed by atoms with van der Waals surface area (Å²) >= 11 is 1.64. The van der Waals surface area contributed by atoms with E-state index in [9.17, 15) is 0 Å². The molecule has 15 heavy (non-hydrogen) atoms. The van der Waals surface area contributed by atoms with Gasteiger partial charge in [-0.1, -0.05) is 0 Å². The van der Waals surface area contributed by atoms with E-state index in [0.717, 1.165) is 38.5 Å². The van der Waals surface area contributed by atoms with Crippen molar-refractivity contribution in [1.29, 1.82) is 0 Å². The molecule has 2 heterocycles. The minimum Gasteiger partial charge on any atom is -0.374 e. The first-order valence-corrected chi connectivity index (χ1v) is 6.17. The van der Waals surface area contributed by atoms with Crippen molar-refractivity contribution >= 4 is 11.3 Å². The van der Waals surface area contributed by atoms with E-state index < -0.39 is 0 Å². The maximum absolute atomic E-state index is 5.65. The molecular weight excluding hydrogens is 210 g/mol. The molecule has 4 nitrogen and oxygen atoms in total. The number of thiazole rings is 1. The van der Waals surface area contributed by atoms with Gasteiger partial charge < -0.3 is 15.0 Å². The second-order valence-electron chi connectivity index (χ2n) is 3.87. The summed E-state index contributed by atoms with van der Waals surface area (Å²) in [7, 11) is 2.13. The lowest BCUT2D eigenvalue weighted by molar-refractivity contribution is -0.0182. The molecule has 1 N–H and O–H groups in total. The highest BCUT2D eigenvalue weighted by Crippen LogP contribution is 2.03. The molecule has 0 unspecified atom stereocenters. The van der Waals surface area contributed by atoms with E-state index in [4.69, 9.17) is 4.74 Å². The molecule has 0 amide bonds. The van der Waals surface area contributed by atoms with Gasteiger partial charge in [0, 0.05) is 31.6 Å². The Labute approximate surface area is 94.3 Å². The zero-order valence-corrected chi connectivity index (χ0v) is 9.80. The summed E-state index contributed by atoms with van der Waals surface area (Å²) in [4.78, 5) is 6.52. The Morgan fingerprint density at radius 1 is 1.73 bits per heavy atom. The summed E-state index contributed by atoms with van der Waals surface area (Å²) in [6.07, 6.45) is 0.322. The third-order valence-corrected chi connectivity index (χ3v) is 3.14. The highest BCUT2D eigenvalue weighted by molar-refractivity contribution is 7.07. The minimum atomic E-state index is 0.322. The molecule has 0 aromatic carbocycles. The number of morpholine rings is 1. The van der Waals surface area contributed by atoms with Crippen molar-refractivity contribution in [3.05, 3.63) is 16.6 Å². The number of hydrogen-bond donors (Lipinski definition) is 1. The van der Waals surface area contributed by atoms with Crippen LogP contribution in [0.25, 0.3) is 0 Å². The van der Waals surface area contributed by atoms with Crippen LogP contribution in [0.15, 0.2) is 10.9 Å². The molecule has 1 aliphatic heterocycles. The Bertz CT molecular complexity index is 278. The van der Waals surface area contributed by atoms with Crippen molar-refractivity contribution in [2.75, 3.05) is 33.3 Å². The van der Waals surface area contributed by atoms with Crippen molar-refractivity contribution in [2.45, 2.75) is 12.6 Å². The summed E-state index contributed by atoms with van der Waals surface area (Å²) in [5.41, 5.74) is 2.98. The van der Waals surface area contributed by atoms with E-state index in [1.54, 1.807) is 11.3 Å². The van der Waals surface area contributed by atoms with E-state index >= 15 is 0 Å². The molecule has 0 aliphatic carbocycles. The van der Waals surface area contributed by atoms with Crippen LogP contribution in [0.1, 0.15) is 5.69 Å². The second kappa shape index (κ2) is 5.55. The monoisotopic (exact) mass is 227 g/mol. The molecule has 1 saturated heterocycles. The van der Waals surface area contributed by atoms with Gasteiger partial charge in [0.1, 0.15) is 0 Å². The predicted molar refractivity (Wildman–Crippen MR) is 61.1 cm³/mol. The lowest BCUT2D eigenvalue weighted by Gasteiger charge is -2.30. The van der Waals surface area contributed by atoms with Crippen LogP contribution in [0.5, 0.6) is 0 Å². The lowest BCUT2D eigenvalue weighted by Crippen LogP contribution is -2.44. The number of aromatic nitrogens is 1. The van der Waals surface area contributed by atoms with Crippen LogP contribution in [0.4, 0.5) is 0 Å². The quantitative estimate of drug-likeness (QED) is 0.816. The van der Waals surface area contributed by atoms with Gasteiger partial charge in [-0.2, -0.15) is 0 Å². The highest BCUT2D eigenvalue weighted by atomic mass is 32.1. The molecular formula is C10H17N3OS. The molecule has 1 aliphatic rings. The Morgan fingerprint density at radius 2 is 2.67 bits per heavy atom. The van der Waals surface area contributed by atoms with Crippen molar-refractivity contribution in [2.24, 2.45) is 0 Å². The van der Waals surface area contributed by atoms with E-state index in [1.807, 2.05) is 5.51 Å². The predicted octanol–water partition coefficient (Wildman–Crippen LogP) is 0.563. The molecule has 1 aromatic heterocycles. The number of rotatable bonds is 4. The Hall–Kier alpha value is -0.490. The smallest absolute Gasteiger partial charge is 0.0826 e. The van der Waals surface area contributed by atoms with Crippen molar-refractivity contribution in [1.82, 2.24) is 15.2 Å². The van der Waals surface area contributed by atoms with Crippen molar-refractivity contribution in [3.63, 3.8) is 0 Å². The summed E-state index contributed by atoms with van der Waals surface area (Å²) in [6.45, 7) is 4.65. The Morgan fingerprint density at radius 3 is 3.40 bits per heavy atom. The zero-order chi connectivity index (χ0) is 10.5. The van der Waals surface area contributed by atoms with E-state index in [0.29, 0.717) is 6.10 Å². The van der Waals surface area contributed by atoms with Crippen LogP contribution < -0.4 is 5.32 Å². The number of hydrogen-bond acceptors (Lipinski definition) is 5. The van der Waals surface area contributed by atoms with Gasteiger partial charge in [0.2, 0.25) is 0 Å². The van der Waals surface area contributed by atoms with Crippen LogP contribution in [-0.2, 0) is 11.3 Å². The van der Waals surface area contributed by atoms with E-state index in [2.05, 4.69) is 27.6 Å². The molecule has 1 atom stereocenters. The number of nitrogens with one attached hydrogen (secondary N) is 1. The molecule has 0 bridgehead atoms. The van der Waals surface area contributed by atoms with Gasteiger partial charge in [-0.3, -0.25) is 0 Å². The van der Waals surface area contributed by atoms with Gasteiger partial charge in [-0.25, -0.2) is 4.98 Å². The first-order chi connectivity index (χ1) is 7.34. The van der Waals surface area contributed by atoms with Crippen LogP contribution >= 0.6 is 11.3 Å². The third-order valence-electron chi connectivity index (χ3n) is 2.50. The molecule has 5 heteroatoms. The van der Waals surface area contributed by atoms with Gasteiger partial charge in [-0.05, 0) is 7.05 Å². The largest absolute Gasteiger partial charge is 0.374 e. The first kappa shape index (κ1) is 11.0. The van der Waals surface area contributed by atoms with E-state index in [1.165, 1.54) is 0 Å². The Balaban J connectivity index is 1.65. The molecule has 0 saturated carbocycles. The maximum Gasteiger partial charge on any atom is 0.0826 e. The summed E-state index contributed by atoms with van der Waals surface area (Å²) in [6, 6.07) is 0. The second-order valence-corrected chi connectivity index (χ2v) is 4.58. The van der Waals surface area contributed by atoms with Gasteiger partial charge in [0.25, 0.3) is 0 Å². The normalized spacial score (nSPS) is 23.1. The van der Waals surface area contributed by atoms with E-state index in [-0.39, 0.29) is 0 Å². The highest BCUT2D eigenvalue weighted by Gasteiger charge is 2.16. The summed E-state index contributed by atoms with van der Waals surface area (Å²) < 4.78 is 5.65. The fraction of sp³-hybridized carbons (Fsp3) is 0.700. The summed E-state index contributed by atoms with van der Waals surface area (Å²) in [5.74, 6) is 0. The lowest BCUT2D eigenvalue weighted by atomic mass is 10.3. The molecule has 84 valence electrons. The molecule has 1 aromatic rings. The maximum atomic E-state index is 5.65. The number of ether oxygens (including phenoxy) is 1. The van der Waals surface area contributed by atoms with Gasteiger partial charge >= 0.3 is 0 Å². The van der Waals surface area contributed by atoms with Gasteiger partial charge in [-0.15, -0.1) is 11.3 Å². The minimum absolute atomic E-state index is 0.322. The van der Waals surface area contributed by atoms with Crippen LogP contribution in [0.2, 0.25) is 0 Å². The molecule has 0 radical (unpaired) electrons. The SMILES string of the molecule is CN1CCO[C@@H](CNCc2cscn2)C1. The standard InChI is InChI=1S/C10H17N3OS/c1-13-2-3-14-10(6-13)5-11-4-9-7-15-8-12-9/h7-8,10-11H,2-6H2,1H3/t10-/m0/s1. The number of likely N-dealkylation sites (N-methyl/N-ethyl adjacent to an activating group) is 1. The average molecular weight is 227 g/mol. The van der Waals surface area contributed by atoms with Gasteiger partial charge in [0.15, 0.2) is 0 Å². The molecule has 1 fully saturated rings.